The first-order chi connectivity index (χ1) is 9.63. The lowest BCUT2D eigenvalue weighted by Gasteiger charge is -2.00. The summed E-state index contributed by atoms with van der Waals surface area (Å²) in [5.74, 6) is 0.196. The molecule has 1 aromatic carbocycles. The molecule has 0 aliphatic rings. The molecule has 1 aromatic heterocycles. The van der Waals surface area contributed by atoms with Crippen LogP contribution in [0, 0.1) is 0 Å². The van der Waals surface area contributed by atoms with Crippen LogP contribution in [0.4, 0.5) is 0 Å². The van der Waals surface area contributed by atoms with Crippen LogP contribution in [0.3, 0.4) is 0 Å². The second-order valence-electron chi connectivity index (χ2n) is 4.98. The fourth-order valence-electron chi connectivity index (χ4n) is 1.99. The highest BCUT2D eigenvalue weighted by atomic mass is 16.2. The molecule has 0 radical (unpaired) electrons. The summed E-state index contributed by atoms with van der Waals surface area (Å²) >= 11 is 0. The standard InChI is InChI=1S/C14H18BN3O2/c1-15(20)11-18-10-13(16-17-18)7-8-14(19)9-12-5-3-2-4-6-12/h2-6,10,20H,7-9,11H2,1H3. The average Bonchev–Trinajstić information content (AvgIpc) is 2.84. The number of Topliss-reactive ketones (excluding diaryl/α,β-unsaturated/α-hetero) is 1. The number of rotatable bonds is 7. The van der Waals surface area contributed by atoms with Gasteiger partial charge in [0.05, 0.1) is 5.69 Å². The van der Waals surface area contributed by atoms with Gasteiger partial charge in [-0.3, -0.25) is 9.48 Å². The molecule has 0 unspecified atom stereocenters. The third-order valence-electron chi connectivity index (χ3n) is 2.94. The number of ketones is 1. The number of hydrogen-bond acceptors (Lipinski definition) is 4. The first kappa shape index (κ1) is 14.5. The number of carbonyl (C=O) groups is 1. The zero-order valence-electron chi connectivity index (χ0n) is 11.6. The van der Waals surface area contributed by atoms with Gasteiger partial charge >= 0.3 is 6.92 Å². The van der Waals surface area contributed by atoms with E-state index in [1.165, 1.54) is 0 Å². The van der Waals surface area contributed by atoms with E-state index in [1.807, 2.05) is 30.3 Å². The van der Waals surface area contributed by atoms with E-state index in [0.29, 0.717) is 25.7 Å². The highest BCUT2D eigenvalue weighted by Crippen LogP contribution is 2.05. The Bertz CT molecular complexity index is 555. The fourth-order valence-corrected chi connectivity index (χ4v) is 1.99. The minimum atomic E-state index is -0.454. The Labute approximate surface area is 118 Å². The molecule has 0 saturated carbocycles. The number of aryl methyl sites for hydroxylation is 1. The minimum Gasteiger partial charge on any atom is -0.449 e. The molecule has 0 aliphatic heterocycles. The summed E-state index contributed by atoms with van der Waals surface area (Å²) in [7, 11) is 0. The van der Waals surface area contributed by atoms with E-state index in [4.69, 9.17) is 0 Å². The molecule has 0 bridgehead atoms. The predicted octanol–water partition coefficient (Wildman–Crippen LogP) is 1.18. The number of aromatic nitrogens is 3. The van der Waals surface area contributed by atoms with Crippen molar-refractivity contribution in [2.75, 3.05) is 0 Å². The van der Waals surface area contributed by atoms with Crippen LogP contribution < -0.4 is 0 Å². The van der Waals surface area contributed by atoms with Gasteiger partial charge in [-0.1, -0.05) is 42.4 Å². The Hall–Kier alpha value is -1.95. The van der Waals surface area contributed by atoms with E-state index < -0.39 is 6.92 Å². The summed E-state index contributed by atoms with van der Waals surface area (Å²) < 4.78 is 1.60. The highest BCUT2D eigenvalue weighted by molar-refractivity contribution is 6.47. The van der Waals surface area contributed by atoms with E-state index in [9.17, 15) is 9.82 Å². The second-order valence-corrected chi connectivity index (χ2v) is 4.98. The minimum absolute atomic E-state index is 0.196. The third-order valence-corrected chi connectivity index (χ3v) is 2.94. The highest BCUT2D eigenvalue weighted by Gasteiger charge is 2.09. The summed E-state index contributed by atoms with van der Waals surface area (Å²) in [6, 6.07) is 9.72. The van der Waals surface area contributed by atoms with Crippen LogP contribution in [0.15, 0.2) is 36.5 Å². The van der Waals surface area contributed by atoms with Crippen molar-refractivity contribution in [2.24, 2.45) is 0 Å². The summed E-state index contributed by atoms with van der Waals surface area (Å²) in [6.45, 7) is 1.24. The van der Waals surface area contributed by atoms with E-state index in [-0.39, 0.29) is 5.78 Å². The van der Waals surface area contributed by atoms with E-state index in [1.54, 1.807) is 17.7 Å². The zero-order chi connectivity index (χ0) is 14.4. The van der Waals surface area contributed by atoms with E-state index in [2.05, 4.69) is 10.3 Å². The molecule has 0 fully saturated rings. The summed E-state index contributed by atoms with van der Waals surface area (Å²) in [6.07, 6.45) is 3.71. The lowest BCUT2D eigenvalue weighted by atomic mass is 9.72. The van der Waals surface area contributed by atoms with Crippen molar-refractivity contribution in [3.63, 3.8) is 0 Å². The maximum Gasteiger partial charge on any atom is 0.308 e. The van der Waals surface area contributed by atoms with Gasteiger partial charge in [0.15, 0.2) is 0 Å². The van der Waals surface area contributed by atoms with Gasteiger partial charge in [-0.25, -0.2) is 0 Å². The Balaban J connectivity index is 1.80. The van der Waals surface area contributed by atoms with Crippen LogP contribution in [0.1, 0.15) is 17.7 Å². The van der Waals surface area contributed by atoms with Gasteiger partial charge in [0.25, 0.3) is 0 Å². The molecule has 0 aliphatic carbocycles. The molecule has 5 nitrogen and oxygen atoms in total. The Morgan fingerprint density at radius 1 is 1.35 bits per heavy atom. The van der Waals surface area contributed by atoms with Gasteiger partial charge < -0.3 is 5.02 Å². The Kier molecular flexibility index (Phi) is 5.06. The topological polar surface area (TPSA) is 68.0 Å². The molecule has 2 rings (SSSR count). The molecule has 0 spiro atoms. The maximum atomic E-state index is 11.9. The van der Waals surface area contributed by atoms with Gasteiger partial charge in [-0.15, -0.1) is 5.10 Å². The number of hydrogen-bond donors (Lipinski definition) is 1. The average molecular weight is 271 g/mol. The number of nitrogens with zero attached hydrogens (tertiary/aromatic N) is 3. The second kappa shape index (κ2) is 7.00. The fraction of sp³-hybridized carbons (Fsp3) is 0.357. The van der Waals surface area contributed by atoms with Crippen molar-refractivity contribution in [3.05, 3.63) is 47.8 Å². The molecular formula is C14H18BN3O2. The first-order valence-corrected chi connectivity index (χ1v) is 6.76. The molecule has 1 heterocycles. The van der Waals surface area contributed by atoms with Crippen LogP contribution >= 0.6 is 0 Å². The summed E-state index contributed by atoms with van der Waals surface area (Å²) in [5.41, 5.74) is 1.82. The Morgan fingerprint density at radius 2 is 2.10 bits per heavy atom. The molecule has 2 aromatic rings. The maximum absolute atomic E-state index is 11.9. The van der Waals surface area contributed by atoms with Crippen LogP contribution in [0.2, 0.25) is 6.82 Å². The molecule has 104 valence electrons. The SMILES string of the molecule is CB(O)Cn1cc(CCC(=O)Cc2ccccc2)nn1. The van der Waals surface area contributed by atoms with E-state index >= 15 is 0 Å². The van der Waals surface area contributed by atoms with Gasteiger partial charge in [-0.05, 0) is 5.56 Å². The first-order valence-electron chi connectivity index (χ1n) is 6.76. The number of carbonyl (C=O) groups excluding carboxylic acids is 1. The van der Waals surface area contributed by atoms with Gasteiger partial charge in [0, 0.05) is 31.9 Å². The van der Waals surface area contributed by atoms with Crippen molar-refractivity contribution >= 4 is 12.7 Å². The van der Waals surface area contributed by atoms with Crippen LogP contribution in [0.25, 0.3) is 0 Å². The lowest BCUT2D eigenvalue weighted by molar-refractivity contribution is -0.118. The van der Waals surface area contributed by atoms with Crippen LogP contribution in [0.5, 0.6) is 0 Å². The zero-order valence-corrected chi connectivity index (χ0v) is 11.6. The van der Waals surface area contributed by atoms with Crippen molar-refractivity contribution in [3.8, 4) is 0 Å². The summed E-state index contributed by atoms with van der Waals surface area (Å²) in [5, 5.41) is 17.2. The summed E-state index contributed by atoms with van der Waals surface area (Å²) in [4.78, 5) is 11.9. The molecule has 0 amide bonds. The smallest absolute Gasteiger partial charge is 0.308 e. The number of benzene rings is 1. The predicted molar refractivity (Wildman–Crippen MR) is 77.3 cm³/mol. The lowest BCUT2D eigenvalue weighted by Crippen LogP contribution is -2.16. The Morgan fingerprint density at radius 3 is 2.80 bits per heavy atom. The molecule has 0 saturated heterocycles. The molecule has 20 heavy (non-hydrogen) atoms. The van der Waals surface area contributed by atoms with Gasteiger partial charge in [0.1, 0.15) is 5.78 Å². The van der Waals surface area contributed by atoms with Crippen molar-refractivity contribution in [1.82, 2.24) is 15.0 Å². The van der Waals surface area contributed by atoms with Crippen molar-refractivity contribution in [1.29, 1.82) is 0 Å². The third kappa shape index (κ3) is 4.62. The van der Waals surface area contributed by atoms with Gasteiger partial charge in [-0.2, -0.15) is 0 Å². The quantitative estimate of drug-likeness (QED) is 0.768. The van der Waals surface area contributed by atoms with Crippen LogP contribution in [-0.2, 0) is 24.1 Å². The van der Waals surface area contributed by atoms with Crippen molar-refractivity contribution in [2.45, 2.75) is 32.5 Å². The molecule has 1 N–H and O–H groups in total. The molecule has 6 heteroatoms. The normalized spacial score (nSPS) is 10.5. The van der Waals surface area contributed by atoms with Crippen LogP contribution in [-0.4, -0.2) is 32.7 Å². The van der Waals surface area contributed by atoms with Crippen molar-refractivity contribution < 1.29 is 9.82 Å². The van der Waals surface area contributed by atoms with E-state index in [0.717, 1.165) is 11.3 Å². The monoisotopic (exact) mass is 271 g/mol. The molecule has 0 atom stereocenters. The molecular weight excluding hydrogens is 253 g/mol. The largest absolute Gasteiger partial charge is 0.449 e. The van der Waals surface area contributed by atoms with Gasteiger partial charge in [0.2, 0.25) is 0 Å².